The van der Waals surface area contributed by atoms with Crippen LogP contribution in [0.25, 0.3) is 0 Å². The minimum Gasteiger partial charge on any atom is -0.492 e. The summed E-state index contributed by atoms with van der Waals surface area (Å²) in [5.41, 5.74) is 1.32. The van der Waals surface area contributed by atoms with Crippen molar-refractivity contribution in [3.63, 3.8) is 0 Å². The molecule has 1 aliphatic carbocycles. The molecule has 3 rings (SSSR count). The Morgan fingerprint density at radius 1 is 1.29 bits per heavy atom. The predicted molar refractivity (Wildman–Crippen MR) is 86.7 cm³/mol. The number of ether oxygens (including phenoxy) is 1. The molecule has 1 aliphatic heterocycles. The van der Waals surface area contributed by atoms with E-state index in [1.54, 1.807) is 0 Å². The van der Waals surface area contributed by atoms with E-state index in [9.17, 15) is 0 Å². The Morgan fingerprint density at radius 2 is 2.05 bits per heavy atom. The van der Waals surface area contributed by atoms with Crippen molar-refractivity contribution < 1.29 is 4.74 Å². The molecule has 2 atom stereocenters. The molecule has 116 valence electrons. The first-order valence-corrected chi connectivity index (χ1v) is 8.41. The monoisotopic (exact) mass is 288 g/mol. The van der Waals surface area contributed by atoms with Crippen molar-refractivity contribution in [3.8, 4) is 5.75 Å². The summed E-state index contributed by atoms with van der Waals surface area (Å²) < 4.78 is 6.07. The molecular formula is C18H28N2O. The SMILES string of the molecule is CCNC1c2ccccc2OCC1N(CC(C)C)C1CC1. The summed E-state index contributed by atoms with van der Waals surface area (Å²) in [5, 5.41) is 3.71. The zero-order valence-electron chi connectivity index (χ0n) is 13.5. The van der Waals surface area contributed by atoms with Crippen molar-refractivity contribution in [3.05, 3.63) is 29.8 Å². The molecule has 1 N–H and O–H groups in total. The normalized spacial score (nSPS) is 25.0. The van der Waals surface area contributed by atoms with Crippen molar-refractivity contribution in [2.24, 2.45) is 5.92 Å². The van der Waals surface area contributed by atoms with Crippen LogP contribution in [0.15, 0.2) is 24.3 Å². The molecule has 21 heavy (non-hydrogen) atoms. The van der Waals surface area contributed by atoms with Crippen LogP contribution in [-0.2, 0) is 0 Å². The quantitative estimate of drug-likeness (QED) is 0.870. The lowest BCUT2D eigenvalue weighted by Gasteiger charge is -2.42. The van der Waals surface area contributed by atoms with Crippen LogP contribution in [0.2, 0.25) is 0 Å². The Bertz CT molecular complexity index is 470. The number of nitrogens with zero attached hydrogens (tertiary/aromatic N) is 1. The first kappa shape index (κ1) is 14.9. The lowest BCUT2D eigenvalue weighted by molar-refractivity contribution is 0.0704. The van der Waals surface area contributed by atoms with Crippen molar-refractivity contribution >= 4 is 0 Å². The average Bonchev–Trinajstić information content (AvgIpc) is 3.30. The average molecular weight is 288 g/mol. The molecule has 0 saturated heterocycles. The van der Waals surface area contributed by atoms with E-state index in [4.69, 9.17) is 4.74 Å². The van der Waals surface area contributed by atoms with Crippen LogP contribution in [0.4, 0.5) is 0 Å². The summed E-state index contributed by atoms with van der Waals surface area (Å²) in [6, 6.07) is 10.1. The molecule has 1 heterocycles. The van der Waals surface area contributed by atoms with Crippen LogP contribution in [0.3, 0.4) is 0 Å². The molecule has 1 fully saturated rings. The van der Waals surface area contributed by atoms with Gasteiger partial charge in [0, 0.05) is 18.2 Å². The smallest absolute Gasteiger partial charge is 0.124 e. The van der Waals surface area contributed by atoms with Crippen LogP contribution in [-0.4, -0.2) is 36.7 Å². The van der Waals surface area contributed by atoms with Gasteiger partial charge in [0.1, 0.15) is 12.4 Å². The molecule has 0 bridgehead atoms. The molecule has 2 unspecified atom stereocenters. The lowest BCUT2D eigenvalue weighted by Crippen LogP contribution is -2.52. The van der Waals surface area contributed by atoms with Crippen LogP contribution in [0.5, 0.6) is 5.75 Å². The maximum atomic E-state index is 6.07. The highest BCUT2D eigenvalue weighted by Gasteiger charge is 2.41. The van der Waals surface area contributed by atoms with Crippen LogP contribution in [0, 0.1) is 5.92 Å². The molecule has 0 radical (unpaired) electrons. The van der Waals surface area contributed by atoms with Crippen LogP contribution < -0.4 is 10.1 Å². The van der Waals surface area contributed by atoms with Crippen LogP contribution in [0.1, 0.15) is 45.2 Å². The van der Waals surface area contributed by atoms with E-state index in [0.717, 1.165) is 24.9 Å². The molecule has 0 spiro atoms. The number of fused-ring (bicyclic) bond motifs is 1. The third-order valence-corrected chi connectivity index (χ3v) is 4.49. The fourth-order valence-electron chi connectivity index (χ4n) is 3.48. The minimum atomic E-state index is 0.388. The van der Waals surface area contributed by atoms with E-state index in [1.165, 1.54) is 24.9 Å². The first-order chi connectivity index (χ1) is 10.2. The van der Waals surface area contributed by atoms with Crippen LogP contribution >= 0.6 is 0 Å². The van der Waals surface area contributed by atoms with Gasteiger partial charge in [-0.05, 0) is 31.4 Å². The second kappa shape index (κ2) is 6.37. The molecule has 1 aromatic carbocycles. The van der Waals surface area contributed by atoms with Gasteiger partial charge in [0.15, 0.2) is 0 Å². The van der Waals surface area contributed by atoms with Crippen molar-refractivity contribution in [2.45, 2.75) is 51.7 Å². The zero-order chi connectivity index (χ0) is 14.8. The Morgan fingerprint density at radius 3 is 2.71 bits per heavy atom. The highest BCUT2D eigenvalue weighted by Crippen LogP contribution is 2.38. The Balaban J connectivity index is 1.86. The second-order valence-electron chi connectivity index (χ2n) is 6.77. The summed E-state index contributed by atoms with van der Waals surface area (Å²) >= 11 is 0. The fraction of sp³-hybridized carbons (Fsp3) is 0.667. The van der Waals surface area contributed by atoms with E-state index >= 15 is 0 Å². The van der Waals surface area contributed by atoms with Gasteiger partial charge in [-0.15, -0.1) is 0 Å². The standard InChI is InChI=1S/C18H28N2O/c1-4-19-18-15-7-5-6-8-17(15)21-12-16(18)20(11-13(2)3)14-9-10-14/h5-8,13-14,16,18-19H,4,9-12H2,1-3H3. The van der Waals surface area contributed by atoms with Crippen molar-refractivity contribution in [1.29, 1.82) is 0 Å². The molecule has 3 nitrogen and oxygen atoms in total. The van der Waals surface area contributed by atoms with Gasteiger partial charge in [0.25, 0.3) is 0 Å². The number of hydrogen-bond acceptors (Lipinski definition) is 3. The number of benzene rings is 1. The van der Waals surface area contributed by atoms with Gasteiger partial charge in [-0.2, -0.15) is 0 Å². The summed E-state index contributed by atoms with van der Waals surface area (Å²) in [6.45, 7) is 9.79. The van der Waals surface area contributed by atoms with Gasteiger partial charge in [0.05, 0.1) is 12.1 Å². The van der Waals surface area contributed by atoms with E-state index < -0.39 is 0 Å². The van der Waals surface area contributed by atoms with Gasteiger partial charge in [-0.25, -0.2) is 0 Å². The Kier molecular flexibility index (Phi) is 4.51. The first-order valence-electron chi connectivity index (χ1n) is 8.41. The van der Waals surface area contributed by atoms with E-state index in [2.05, 4.69) is 55.3 Å². The number of rotatable bonds is 6. The zero-order valence-corrected chi connectivity index (χ0v) is 13.5. The highest BCUT2D eigenvalue weighted by atomic mass is 16.5. The summed E-state index contributed by atoms with van der Waals surface area (Å²) in [7, 11) is 0. The predicted octanol–water partition coefficient (Wildman–Crippen LogP) is 3.22. The molecule has 3 heteroatoms. The third kappa shape index (κ3) is 3.24. The maximum absolute atomic E-state index is 6.07. The highest BCUT2D eigenvalue weighted by molar-refractivity contribution is 5.39. The summed E-state index contributed by atoms with van der Waals surface area (Å²) in [5.74, 6) is 1.75. The maximum Gasteiger partial charge on any atom is 0.124 e. The summed E-state index contributed by atoms with van der Waals surface area (Å²) in [6.07, 6.45) is 2.70. The molecule has 1 aromatic rings. The number of para-hydroxylation sites is 1. The third-order valence-electron chi connectivity index (χ3n) is 4.49. The van der Waals surface area contributed by atoms with Gasteiger partial charge in [-0.1, -0.05) is 39.0 Å². The molecule has 0 amide bonds. The second-order valence-corrected chi connectivity index (χ2v) is 6.77. The molecule has 2 aliphatic rings. The number of hydrogen-bond donors (Lipinski definition) is 1. The lowest BCUT2D eigenvalue weighted by atomic mass is 9.94. The molecule has 0 aromatic heterocycles. The topological polar surface area (TPSA) is 24.5 Å². The summed E-state index contributed by atoms with van der Waals surface area (Å²) in [4.78, 5) is 2.70. The largest absolute Gasteiger partial charge is 0.492 e. The minimum absolute atomic E-state index is 0.388. The van der Waals surface area contributed by atoms with Gasteiger partial charge in [0.2, 0.25) is 0 Å². The Labute approximate surface area is 128 Å². The number of nitrogens with one attached hydrogen (secondary N) is 1. The van der Waals surface area contributed by atoms with E-state index in [0.29, 0.717) is 18.0 Å². The van der Waals surface area contributed by atoms with Gasteiger partial charge < -0.3 is 10.1 Å². The van der Waals surface area contributed by atoms with Crippen molar-refractivity contribution in [2.75, 3.05) is 19.7 Å². The number of likely N-dealkylation sites (N-methyl/N-ethyl adjacent to an activating group) is 1. The molecule has 1 saturated carbocycles. The van der Waals surface area contributed by atoms with E-state index in [-0.39, 0.29) is 0 Å². The molecular weight excluding hydrogens is 260 g/mol. The van der Waals surface area contributed by atoms with Crippen molar-refractivity contribution in [1.82, 2.24) is 10.2 Å². The van der Waals surface area contributed by atoms with Gasteiger partial charge in [-0.3, -0.25) is 4.90 Å². The Hall–Kier alpha value is -1.06. The fourth-order valence-corrected chi connectivity index (χ4v) is 3.48. The van der Waals surface area contributed by atoms with E-state index in [1.807, 2.05) is 0 Å². The van der Waals surface area contributed by atoms with Gasteiger partial charge >= 0.3 is 0 Å².